The number of rotatable bonds is 5. The van der Waals surface area contributed by atoms with Gasteiger partial charge in [-0.2, -0.15) is 4.39 Å². The number of aliphatic hydroxyl groups excluding tert-OH is 1. The molecular formula is C18H18F2O3. The highest BCUT2D eigenvalue weighted by Gasteiger charge is 2.21. The SMILES string of the molecule is CCCOc1ccc2c(oc3c(F)c([C@H](O)CC)ccc32)c1F. The van der Waals surface area contributed by atoms with Crippen molar-refractivity contribution in [3.8, 4) is 5.75 Å². The molecule has 3 aromatic rings. The number of hydrogen-bond acceptors (Lipinski definition) is 3. The molecule has 0 aliphatic carbocycles. The standard InChI is InChI=1S/C18H18F2O3/c1-3-9-22-14-8-7-11-10-5-6-12(13(21)4-2)15(19)17(10)23-18(11)16(14)20/h5-8,13,21H,3-4,9H2,1-2H3/t13-/m1/s1. The first-order valence-electron chi connectivity index (χ1n) is 7.72. The number of aliphatic hydroxyl groups is 1. The van der Waals surface area contributed by atoms with E-state index in [1.165, 1.54) is 12.1 Å². The highest BCUT2D eigenvalue weighted by atomic mass is 19.1. The molecule has 2 aromatic carbocycles. The fraction of sp³-hybridized carbons (Fsp3) is 0.333. The van der Waals surface area contributed by atoms with Crippen LogP contribution in [0.1, 0.15) is 38.4 Å². The van der Waals surface area contributed by atoms with E-state index < -0.39 is 17.7 Å². The van der Waals surface area contributed by atoms with Crippen molar-refractivity contribution in [3.05, 3.63) is 41.5 Å². The third-order valence-corrected chi connectivity index (χ3v) is 3.89. The molecule has 1 N–H and O–H groups in total. The first-order chi connectivity index (χ1) is 11.1. The van der Waals surface area contributed by atoms with E-state index in [1.807, 2.05) is 6.92 Å². The van der Waals surface area contributed by atoms with Crippen LogP contribution in [0.15, 0.2) is 28.7 Å². The van der Waals surface area contributed by atoms with Crippen molar-refractivity contribution in [1.82, 2.24) is 0 Å². The molecule has 0 saturated carbocycles. The molecule has 0 aliphatic rings. The molecule has 0 bridgehead atoms. The molecule has 3 rings (SSSR count). The summed E-state index contributed by atoms with van der Waals surface area (Å²) in [5.41, 5.74) is 0.0779. The van der Waals surface area contributed by atoms with Gasteiger partial charge in [0.05, 0.1) is 12.7 Å². The Balaban J connectivity index is 2.21. The van der Waals surface area contributed by atoms with Crippen molar-refractivity contribution >= 4 is 21.9 Å². The van der Waals surface area contributed by atoms with Gasteiger partial charge in [-0.1, -0.05) is 19.9 Å². The van der Waals surface area contributed by atoms with Crippen molar-refractivity contribution < 1.29 is 23.0 Å². The second kappa shape index (κ2) is 6.16. The Morgan fingerprint density at radius 1 is 1.04 bits per heavy atom. The maximum absolute atomic E-state index is 14.6. The number of benzene rings is 2. The van der Waals surface area contributed by atoms with E-state index in [9.17, 15) is 13.9 Å². The van der Waals surface area contributed by atoms with Gasteiger partial charge in [0.15, 0.2) is 22.7 Å². The van der Waals surface area contributed by atoms with Gasteiger partial charge >= 0.3 is 0 Å². The molecule has 122 valence electrons. The highest BCUT2D eigenvalue weighted by molar-refractivity contribution is 6.05. The molecule has 1 heterocycles. The Morgan fingerprint density at radius 3 is 2.35 bits per heavy atom. The predicted molar refractivity (Wildman–Crippen MR) is 84.7 cm³/mol. The lowest BCUT2D eigenvalue weighted by molar-refractivity contribution is 0.169. The summed E-state index contributed by atoms with van der Waals surface area (Å²) in [5.74, 6) is -1.19. The Bertz CT molecular complexity index is 854. The van der Waals surface area contributed by atoms with Crippen LogP contribution in [0.3, 0.4) is 0 Å². The monoisotopic (exact) mass is 320 g/mol. The van der Waals surface area contributed by atoms with E-state index in [1.54, 1.807) is 19.1 Å². The van der Waals surface area contributed by atoms with E-state index in [2.05, 4.69) is 0 Å². The summed E-state index contributed by atoms with van der Waals surface area (Å²) in [5, 5.41) is 10.8. The Kier molecular flexibility index (Phi) is 4.22. The summed E-state index contributed by atoms with van der Waals surface area (Å²) < 4.78 is 39.8. The summed E-state index contributed by atoms with van der Waals surface area (Å²) in [6, 6.07) is 6.34. The van der Waals surface area contributed by atoms with Crippen molar-refractivity contribution in [2.75, 3.05) is 6.61 Å². The normalized spacial score (nSPS) is 12.9. The molecule has 0 aliphatic heterocycles. The van der Waals surface area contributed by atoms with E-state index in [-0.39, 0.29) is 22.5 Å². The number of hydrogen-bond donors (Lipinski definition) is 1. The minimum absolute atomic E-state index is 0.0318. The fourth-order valence-electron chi connectivity index (χ4n) is 2.64. The van der Waals surface area contributed by atoms with Crippen LogP contribution >= 0.6 is 0 Å². The average molecular weight is 320 g/mol. The van der Waals surface area contributed by atoms with Crippen LogP contribution in [0.5, 0.6) is 5.75 Å². The summed E-state index contributed by atoms with van der Waals surface area (Å²) in [4.78, 5) is 0. The van der Waals surface area contributed by atoms with Crippen LogP contribution in [0.4, 0.5) is 8.78 Å². The molecule has 23 heavy (non-hydrogen) atoms. The zero-order valence-corrected chi connectivity index (χ0v) is 13.0. The zero-order chi connectivity index (χ0) is 16.6. The maximum Gasteiger partial charge on any atom is 0.208 e. The highest BCUT2D eigenvalue weighted by Crippen LogP contribution is 2.37. The van der Waals surface area contributed by atoms with Crippen LogP contribution in [0, 0.1) is 11.6 Å². The van der Waals surface area contributed by atoms with Crippen LogP contribution < -0.4 is 4.74 Å². The molecule has 1 atom stereocenters. The molecule has 3 nitrogen and oxygen atoms in total. The number of furan rings is 1. The Morgan fingerprint density at radius 2 is 1.70 bits per heavy atom. The van der Waals surface area contributed by atoms with Crippen molar-refractivity contribution in [3.63, 3.8) is 0 Å². The van der Waals surface area contributed by atoms with Crippen LogP contribution in [-0.2, 0) is 0 Å². The Hall–Kier alpha value is -2.14. The van der Waals surface area contributed by atoms with Gasteiger partial charge in [-0.3, -0.25) is 0 Å². The van der Waals surface area contributed by atoms with Crippen LogP contribution in [0.2, 0.25) is 0 Å². The van der Waals surface area contributed by atoms with E-state index in [4.69, 9.17) is 9.15 Å². The second-order valence-corrected chi connectivity index (χ2v) is 5.47. The van der Waals surface area contributed by atoms with E-state index >= 15 is 0 Å². The van der Waals surface area contributed by atoms with Crippen molar-refractivity contribution in [1.29, 1.82) is 0 Å². The van der Waals surface area contributed by atoms with E-state index in [0.29, 0.717) is 23.8 Å². The topological polar surface area (TPSA) is 42.6 Å². The lowest BCUT2D eigenvalue weighted by Crippen LogP contribution is -1.98. The van der Waals surface area contributed by atoms with Gasteiger partial charge in [-0.15, -0.1) is 0 Å². The first kappa shape index (κ1) is 15.7. The molecule has 0 fully saturated rings. The third kappa shape index (κ3) is 2.55. The lowest BCUT2D eigenvalue weighted by atomic mass is 10.0. The zero-order valence-electron chi connectivity index (χ0n) is 13.0. The first-order valence-corrected chi connectivity index (χ1v) is 7.72. The number of halogens is 2. The molecule has 0 saturated heterocycles. The second-order valence-electron chi connectivity index (χ2n) is 5.47. The predicted octanol–water partition coefficient (Wildman–Crippen LogP) is 5.10. The molecule has 1 aromatic heterocycles. The molecule has 0 radical (unpaired) electrons. The summed E-state index contributed by atoms with van der Waals surface area (Å²) in [6.07, 6.45) is 0.220. The maximum atomic E-state index is 14.6. The summed E-state index contributed by atoms with van der Waals surface area (Å²) >= 11 is 0. The van der Waals surface area contributed by atoms with Crippen molar-refractivity contribution in [2.45, 2.75) is 32.8 Å². The quantitative estimate of drug-likeness (QED) is 0.711. The molecular weight excluding hydrogens is 302 g/mol. The van der Waals surface area contributed by atoms with Crippen LogP contribution in [0.25, 0.3) is 21.9 Å². The van der Waals surface area contributed by atoms with Crippen molar-refractivity contribution in [2.24, 2.45) is 0 Å². The van der Waals surface area contributed by atoms with Gasteiger partial charge in [-0.05, 0) is 31.0 Å². The third-order valence-electron chi connectivity index (χ3n) is 3.89. The largest absolute Gasteiger partial charge is 0.490 e. The average Bonchev–Trinajstić information content (AvgIpc) is 2.94. The number of ether oxygens (including phenoxy) is 1. The fourth-order valence-corrected chi connectivity index (χ4v) is 2.64. The van der Waals surface area contributed by atoms with Gasteiger partial charge in [0, 0.05) is 16.3 Å². The summed E-state index contributed by atoms with van der Waals surface area (Å²) in [6.45, 7) is 4.07. The minimum atomic E-state index is -0.916. The summed E-state index contributed by atoms with van der Waals surface area (Å²) in [7, 11) is 0. The van der Waals surface area contributed by atoms with Gasteiger partial charge in [0.1, 0.15) is 0 Å². The van der Waals surface area contributed by atoms with Crippen LogP contribution in [-0.4, -0.2) is 11.7 Å². The van der Waals surface area contributed by atoms with Gasteiger partial charge in [0.25, 0.3) is 0 Å². The van der Waals surface area contributed by atoms with Gasteiger partial charge in [-0.25, -0.2) is 4.39 Å². The molecule has 0 unspecified atom stereocenters. The molecule has 0 amide bonds. The lowest BCUT2D eigenvalue weighted by Gasteiger charge is -2.08. The minimum Gasteiger partial charge on any atom is -0.490 e. The smallest absolute Gasteiger partial charge is 0.208 e. The van der Waals surface area contributed by atoms with Gasteiger partial charge < -0.3 is 14.3 Å². The van der Waals surface area contributed by atoms with E-state index in [0.717, 1.165) is 6.42 Å². The molecule has 5 heteroatoms. The Labute approximate surface area is 132 Å². The molecule has 0 spiro atoms. The van der Waals surface area contributed by atoms with Gasteiger partial charge in [0.2, 0.25) is 5.82 Å². The number of fused-ring (bicyclic) bond motifs is 3.